The summed E-state index contributed by atoms with van der Waals surface area (Å²) in [6, 6.07) is 9.39. The second-order valence-corrected chi connectivity index (χ2v) is 4.70. The van der Waals surface area contributed by atoms with Crippen LogP contribution in [-0.2, 0) is 7.05 Å². The summed E-state index contributed by atoms with van der Waals surface area (Å²) in [7, 11) is 1.96. The zero-order valence-corrected chi connectivity index (χ0v) is 11.8. The minimum Gasteiger partial charge on any atom is -0.490 e. The molecule has 0 fully saturated rings. The summed E-state index contributed by atoms with van der Waals surface area (Å²) in [6.07, 6.45) is 3.54. The van der Waals surface area contributed by atoms with Gasteiger partial charge < -0.3 is 20.4 Å². The van der Waals surface area contributed by atoms with Gasteiger partial charge in [-0.15, -0.1) is 0 Å². The van der Waals surface area contributed by atoms with Crippen molar-refractivity contribution in [3.05, 3.63) is 42.9 Å². The lowest BCUT2D eigenvalue weighted by Crippen LogP contribution is -2.13. The minimum absolute atomic E-state index is 0.499. The predicted octanol–water partition coefficient (Wildman–Crippen LogP) is 2.04. The van der Waals surface area contributed by atoms with Gasteiger partial charge in [-0.25, -0.2) is 9.97 Å². The van der Waals surface area contributed by atoms with Crippen LogP contribution in [0.2, 0.25) is 0 Å². The summed E-state index contributed by atoms with van der Waals surface area (Å²) in [5, 5.41) is 3.24. The van der Waals surface area contributed by atoms with Gasteiger partial charge in [-0.05, 0) is 18.2 Å². The summed E-state index contributed by atoms with van der Waals surface area (Å²) in [5.41, 5.74) is 8.36. The number of nitrogens with one attached hydrogen (secondary N) is 1. The predicted molar refractivity (Wildman–Crippen MR) is 83.3 cm³/mol. The number of nitrogen functional groups attached to an aromatic ring is 1. The first-order valence-electron chi connectivity index (χ1n) is 6.73. The summed E-state index contributed by atoms with van der Waals surface area (Å²) >= 11 is 0. The van der Waals surface area contributed by atoms with E-state index in [2.05, 4.69) is 15.3 Å². The van der Waals surface area contributed by atoms with Crippen LogP contribution in [0.25, 0.3) is 11.0 Å². The Morgan fingerprint density at radius 3 is 2.95 bits per heavy atom. The van der Waals surface area contributed by atoms with Crippen molar-refractivity contribution < 1.29 is 4.74 Å². The van der Waals surface area contributed by atoms with Crippen molar-refractivity contribution >= 4 is 22.5 Å². The highest BCUT2D eigenvalue weighted by Gasteiger charge is 2.06. The second kappa shape index (κ2) is 5.70. The Balaban J connectivity index is 1.61. The average Bonchev–Trinajstić information content (AvgIpc) is 2.88. The number of hydrogen-bond donors (Lipinski definition) is 2. The third kappa shape index (κ3) is 2.74. The van der Waals surface area contributed by atoms with Crippen LogP contribution in [0, 0.1) is 0 Å². The maximum Gasteiger partial charge on any atom is 0.154 e. The highest BCUT2D eigenvalue weighted by Crippen LogP contribution is 2.20. The fourth-order valence-electron chi connectivity index (χ4n) is 2.13. The van der Waals surface area contributed by atoms with E-state index in [0.29, 0.717) is 24.6 Å². The van der Waals surface area contributed by atoms with Crippen molar-refractivity contribution in [3.63, 3.8) is 0 Å². The number of benzene rings is 1. The highest BCUT2D eigenvalue weighted by atomic mass is 16.5. The maximum atomic E-state index is 5.82. The summed E-state index contributed by atoms with van der Waals surface area (Å²) in [6.45, 7) is 1.12. The number of rotatable bonds is 5. The number of pyridine rings is 1. The zero-order valence-electron chi connectivity index (χ0n) is 11.8. The third-order valence-corrected chi connectivity index (χ3v) is 3.21. The smallest absolute Gasteiger partial charge is 0.154 e. The van der Waals surface area contributed by atoms with Crippen molar-refractivity contribution in [3.8, 4) is 5.75 Å². The van der Waals surface area contributed by atoms with Crippen LogP contribution in [0.4, 0.5) is 11.5 Å². The van der Waals surface area contributed by atoms with Gasteiger partial charge in [0.1, 0.15) is 17.9 Å². The molecule has 108 valence electrons. The minimum atomic E-state index is 0.499. The normalized spacial score (nSPS) is 10.7. The number of imidazole rings is 1. The molecular weight excluding hydrogens is 266 g/mol. The number of anilines is 2. The topological polar surface area (TPSA) is 78.0 Å². The summed E-state index contributed by atoms with van der Waals surface area (Å²) in [4.78, 5) is 8.66. The van der Waals surface area contributed by atoms with Gasteiger partial charge in [0, 0.05) is 13.2 Å². The molecule has 0 radical (unpaired) electrons. The van der Waals surface area contributed by atoms with Gasteiger partial charge in [0.25, 0.3) is 0 Å². The average molecular weight is 283 g/mol. The molecule has 0 atom stereocenters. The van der Waals surface area contributed by atoms with Gasteiger partial charge in [0.15, 0.2) is 5.82 Å². The molecular formula is C15H17N5O. The van der Waals surface area contributed by atoms with Crippen LogP contribution >= 0.6 is 0 Å². The molecule has 0 amide bonds. The number of para-hydroxylation sites is 2. The van der Waals surface area contributed by atoms with Gasteiger partial charge in [-0.3, -0.25) is 0 Å². The monoisotopic (exact) mass is 283 g/mol. The van der Waals surface area contributed by atoms with Crippen LogP contribution in [0.3, 0.4) is 0 Å². The highest BCUT2D eigenvalue weighted by molar-refractivity contribution is 5.85. The molecule has 0 aliphatic carbocycles. The lowest BCUT2D eigenvalue weighted by Gasteiger charge is -2.10. The third-order valence-electron chi connectivity index (χ3n) is 3.21. The first-order valence-corrected chi connectivity index (χ1v) is 6.73. The number of nitrogens with two attached hydrogens (primary N) is 1. The molecule has 3 rings (SSSR count). The van der Waals surface area contributed by atoms with Crippen LogP contribution in [-0.4, -0.2) is 27.7 Å². The fraction of sp³-hybridized carbons (Fsp3) is 0.200. The van der Waals surface area contributed by atoms with Gasteiger partial charge in [-0.2, -0.15) is 0 Å². The van der Waals surface area contributed by atoms with Gasteiger partial charge in [0.2, 0.25) is 0 Å². The van der Waals surface area contributed by atoms with Crippen LogP contribution < -0.4 is 15.8 Å². The molecule has 0 saturated heterocycles. The van der Waals surface area contributed by atoms with Crippen molar-refractivity contribution in [2.45, 2.75) is 0 Å². The molecule has 3 N–H and O–H groups in total. The molecule has 6 nitrogen and oxygen atoms in total. The lowest BCUT2D eigenvalue weighted by atomic mass is 10.3. The first kappa shape index (κ1) is 13.2. The number of fused-ring (bicyclic) bond motifs is 1. The van der Waals surface area contributed by atoms with Crippen molar-refractivity contribution in [1.29, 1.82) is 0 Å². The van der Waals surface area contributed by atoms with E-state index in [9.17, 15) is 0 Å². The van der Waals surface area contributed by atoms with E-state index in [1.165, 1.54) is 0 Å². The van der Waals surface area contributed by atoms with E-state index >= 15 is 0 Å². The Hall–Kier alpha value is -2.76. The van der Waals surface area contributed by atoms with E-state index < -0.39 is 0 Å². The van der Waals surface area contributed by atoms with E-state index in [1.54, 1.807) is 12.5 Å². The number of ether oxygens (including phenoxy) is 1. The Labute approximate surface area is 122 Å². The number of aromatic nitrogens is 3. The van der Waals surface area contributed by atoms with Gasteiger partial charge >= 0.3 is 0 Å². The maximum absolute atomic E-state index is 5.82. The number of hydrogen-bond acceptors (Lipinski definition) is 5. The SMILES string of the molecule is Cn1cnc2c(NCCOc3ccccc3N)nccc21. The van der Waals surface area contributed by atoms with Gasteiger partial charge in [0.05, 0.1) is 24.1 Å². The number of nitrogens with zero attached hydrogens (tertiary/aromatic N) is 3. The van der Waals surface area contributed by atoms with Crippen molar-refractivity contribution in [1.82, 2.24) is 14.5 Å². The molecule has 1 aromatic carbocycles. The van der Waals surface area contributed by atoms with E-state index in [-0.39, 0.29) is 0 Å². The molecule has 0 unspecified atom stereocenters. The number of aryl methyl sites for hydroxylation is 1. The standard InChI is InChI=1S/C15H17N5O/c1-20-10-19-14-12(20)6-7-17-15(14)18-8-9-21-13-5-3-2-4-11(13)16/h2-7,10H,8-9,16H2,1H3,(H,17,18). The molecule has 6 heteroatoms. The lowest BCUT2D eigenvalue weighted by molar-refractivity contribution is 0.334. The molecule has 3 aromatic rings. The molecule has 0 aliphatic rings. The summed E-state index contributed by atoms with van der Waals surface area (Å²) < 4.78 is 7.60. The Morgan fingerprint density at radius 2 is 2.10 bits per heavy atom. The molecule has 0 aliphatic heterocycles. The molecule has 2 heterocycles. The molecule has 0 saturated carbocycles. The van der Waals surface area contributed by atoms with Crippen molar-refractivity contribution in [2.24, 2.45) is 7.05 Å². The molecule has 21 heavy (non-hydrogen) atoms. The van der Waals surface area contributed by atoms with Crippen LogP contribution in [0.1, 0.15) is 0 Å². The first-order chi connectivity index (χ1) is 10.3. The van der Waals surface area contributed by atoms with E-state index in [1.807, 2.05) is 41.9 Å². The molecule has 0 bridgehead atoms. The molecule has 2 aromatic heterocycles. The molecule has 0 spiro atoms. The van der Waals surface area contributed by atoms with E-state index in [0.717, 1.165) is 16.9 Å². The fourth-order valence-corrected chi connectivity index (χ4v) is 2.13. The summed E-state index contributed by atoms with van der Waals surface area (Å²) in [5.74, 6) is 1.46. The van der Waals surface area contributed by atoms with Gasteiger partial charge in [-0.1, -0.05) is 12.1 Å². The van der Waals surface area contributed by atoms with Crippen molar-refractivity contribution in [2.75, 3.05) is 24.2 Å². The van der Waals surface area contributed by atoms with Crippen LogP contribution in [0.15, 0.2) is 42.9 Å². The quantitative estimate of drug-likeness (QED) is 0.553. The van der Waals surface area contributed by atoms with E-state index in [4.69, 9.17) is 10.5 Å². The Kier molecular flexibility index (Phi) is 3.59. The zero-order chi connectivity index (χ0) is 14.7. The Bertz CT molecular complexity index is 753. The largest absolute Gasteiger partial charge is 0.490 e. The Morgan fingerprint density at radius 1 is 1.24 bits per heavy atom. The second-order valence-electron chi connectivity index (χ2n) is 4.70. The van der Waals surface area contributed by atoms with Crippen LogP contribution in [0.5, 0.6) is 5.75 Å².